The smallest absolute Gasteiger partial charge is 0.463 e. The Hall–Kier alpha value is -4.83. The number of phosphoric ester groups is 2. The highest BCUT2D eigenvalue weighted by Gasteiger charge is 2.29. The van der Waals surface area contributed by atoms with Crippen LogP contribution in [0.3, 0.4) is 0 Å². The van der Waals surface area contributed by atoms with Gasteiger partial charge in [0.2, 0.25) is 0 Å². The van der Waals surface area contributed by atoms with Crippen molar-refractivity contribution < 1.29 is 75.8 Å². The molecule has 4 N–H and O–H groups in total. The number of ether oxygens (including phenoxy) is 3. The van der Waals surface area contributed by atoms with Crippen LogP contribution in [-0.4, -0.2) is 95.9 Å². The van der Waals surface area contributed by atoms with E-state index in [4.69, 9.17) is 32.3 Å². The number of unbranched alkanes of at least 4 members (excludes halogenated alkanes) is 25. The van der Waals surface area contributed by atoms with Crippen LogP contribution < -0.4 is 0 Å². The predicted molar refractivity (Wildman–Crippen MR) is 426 cm³/mol. The number of allylic oxidation sites excluding steroid dienone is 26. The number of carbonyl (C=O) groups excluding carboxylic acids is 3. The third-order valence-electron chi connectivity index (χ3n) is 16.2. The molecule has 18 heteroatoms. The summed E-state index contributed by atoms with van der Waals surface area (Å²) in [5.41, 5.74) is 0. The molecule has 0 rings (SSSR count). The van der Waals surface area contributed by atoms with Crippen LogP contribution in [0.5, 0.6) is 0 Å². The maximum absolute atomic E-state index is 13.0. The monoisotopic (exact) mass is 1480 g/mol. The quantitative estimate of drug-likeness (QED) is 0.0146. The number of phosphoric acid groups is 2. The second-order valence-electron chi connectivity index (χ2n) is 26.1. The molecule has 0 aliphatic rings. The maximum Gasteiger partial charge on any atom is 0.472 e. The van der Waals surface area contributed by atoms with E-state index < -0.39 is 91.5 Å². The molecule has 5 unspecified atom stereocenters. The van der Waals surface area contributed by atoms with E-state index in [1.807, 2.05) is 12.2 Å². The lowest BCUT2D eigenvalue weighted by Crippen LogP contribution is -2.30. The topological polar surface area (TPSA) is 231 Å². The lowest BCUT2D eigenvalue weighted by atomic mass is 10.0. The van der Waals surface area contributed by atoms with E-state index in [9.17, 15) is 43.5 Å². The van der Waals surface area contributed by atoms with Crippen molar-refractivity contribution in [2.75, 3.05) is 39.6 Å². The van der Waals surface area contributed by atoms with Gasteiger partial charge in [-0.1, -0.05) is 294 Å². The van der Waals surface area contributed by atoms with Crippen molar-refractivity contribution in [3.63, 3.8) is 0 Å². The number of hydrogen-bond donors (Lipinski definition) is 4. The molecule has 0 spiro atoms. The van der Waals surface area contributed by atoms with E-state index in [2.05, 4.69) is 167 Å². The molecule has 0 heterocycles. The second-order valence-corrected chi connectivity index (χ2v) is 29.0. The van der Waals surface area contributed by atoms with E-state index in [1.165, 1.54) is 103 Å². The predicted octanol–water partition coefficient (Wildman–Crippen LogP) is 23.4. The number of rotatable bonds is 74. The van der Waals surface area contributed by atoms with Gasteiger partial charge in [-0.15, -0.1) is 0 Å². The minimum absolute atomic E-state index is 0.0166. The summed E-state index contributed by atoms with van der Waals surface area (Å²) in [6.45, 7) is 2.41. The summed E-state index contributed by atoms with van der Waals surface area (Å²) in [7, 11) is -9.83. The number of aliphatic hydroxyl groups is 2. The molecular formula is C85H142O16P2. The summed E-state index contributed by atoms with van der Waals surface area (Å²) in [5, 5.41) is 20.6. The minimum Gasteiger partial charge on any atom is -0.463 e. The van der Waals surface area contributed by atoms with Crippen LogP contribution in [0.15, 0.2) is 158 Å². The fourth-order valence-corrected chi connectivity index (χ4v) is 11.7. The third-order valence-corrected chi connectivity index (χ3v) is 18.1. The summed E-state index contributed by atoms with van der Waals surface area (Å²) in [5.74, 6) is -1.67. The van der Waals surface area contributed by atoms with Gasteiger partial charge in [0.1, 0.15) is 25.4 Å². The minimum atomic E-state index is -4.96. The van der Waals surface area contributed by atoms with E-state index >= 15 is 0 Å². The van der Waals surface area contributed by atoms with Gasteiger partial charge >= 0.3 is 33.6 Å². The van der Waals surface area contributed by atoms with Crippen molar-refractivity contribution in [2.45, 2.75) is 322 Å². The van der Waals surface area contributed by atoms with Crippen LogP contribution in [0.4, 0.5) is 0 Å². The first-order chi connectivity index (χ1) is 50.2. The molecule has 0 aromatic heterocycles. The average molecular weight is 1480 g/mol. The van der Waals surface area contributed by atoms with Crippen molar-refractivity contribution >= 4 is 33.6 Å². The highest BCUT2D eigenvalue weighted by Crippen LogP contribution is 2.45. The standard InChI is InChI=1S/C85H142O16P2/c1-4-7-10-13-16-19-22-25-28-31-33-35-36-37-38-39-40-41-42-44-46-48-50-53-56-59-62-65-68-71-83(88)95-74-80(86)75-97-102(91,92)98-76-81(87)77-99-103(93,94)100-79-82(101-85(90)73-70-67-64-61-58-55-52-47-30-27-24-21-18-15-12-9-6-3)78-96-84(89)72-69-66-63-60-57-54-51-49-45-43-34-32-29-26-23-20-17-14-11-8-5-2/h9,12,16-21,25-30,33-35,37-38,43,49,51-52,55,61,64,80-82,86-87H,4-8,10-11,13-15,22-24,31-32,36,39-42,44-48,50,53-54,56-60,62-63,65-79H2,1-3H3,(H,91,92)(H,93,94)/b12-9-,19-16-,20-17-,21-18-,28-25-,29-26-,30-27-,35-33-,38-37-,43-34-,51-49-,55-52-,64-61-. The number of carbonyl (C=O) groups is 3. The van der Waals surface area contributed by atoms with Gasteiger partial charge in [0.25, 0.3) is 0 Å². The Balaban J connectivity index is 4.62. The molecule has 0 aliphatic heterocycles. The van der Waals surface area contributed by atoms with Gasteiger partial charge in [0.15, 0.2) is 6.10 Å². The number of hydrogen-bond acceptors (Lipinski definition) is 14. The molecular weight excluding hydrogens is 1340 g/mol. The van der Waals surface area contributed by atoms with E-state index in [0.29, 0.717) is 25.7 Å². The van der Waals surface area contributed by atoms with Gasteiger partial charge in [-0.3, -0.25) is 32.5 Å². The fourth-order valence-electron chi connectivity index (χ4n) is 10.2. The van der Waals surface area contributed by atoms with Gasteiger partial charge in [0.05, 0.1) is 26.4 Å². The van der Waals surface area contributed by atoms with E-state index in [1.54, 1.807) is 0 Å². The first-order valence-corrected chi connectivity index (χ1v) is 42.8. The van der Waals surface area contributed by atoms with Crippen molar-refractivity contribution in [1.29, 1.82) is 0 Å². The normalized spacial score (nSPS) is 14.8. The molecule has 5 atom stereocenters. The van der Waals surface area contributed by atoms with Crippen LogP contribution in [0.2, 0.25) is 0 Å². The first kappa shape index (κ1) is 98.2. The molecule has 0 saturated carbocycles. The zero-order chi connectivity index (χ0) is 75.2. The second kappa shape index (κ2) is 76.8. The number of aliphatic hydroxyl groups excluding tert-OH is 2. The average Bonchev–Trinajstić information content (AvgIpc) is 0.937. The Morgan fingerprint density at radius 2 is 0.524 bits per heavy atom. The Morgan fingerprint density at radius 3 is 0.845 bits per heavy atom. The molecule has 103 heavy (non-hydrogen) atoms. The zero-order valence-electron chi connectivity index (χ0n) is 64.2. The fraction of sp³-hybridized carbons (Fsp3) is 0.659. The Kier molecular flexibility index (Phi) is 73.2. The first-order valence-electron chi connectivity index (χ1n) is 39.8. The molecule has 0 aromatic rings. The van der Waals surface area contributed by atoms with Crippen LogP contribution in [0.1, 0.15) is 303 Å². The Labute approximate surface area is 625 Å². The highest BCUT2D eigenvalue weighted by atomic mass is 31.2. The van der Waals surface area contributed by atoms with Gasteiger partial charge in [-0.25, -0.2) is 9.13 Å². The van der Waals surface area contributed by atoms with Crippen LogP contribution in [0, 0.1) is 0 Å². The lowest BCUT2D eigenvalue weighted by Gasteiger charge is -2.21. The third kappa shape index (κ3) is 78.1. The van der Waals surface area contributed by atoms with Gasteiger partial charge in [0, 0.05) is 19.3 Å². The van der Waals surface area contributed by atoms with E-state index in [-0.39, 0.29) is 19.3 Å². The summed E-state index contributed by atoms with van der Waals surface area (Å²) >= 11 is 0. The lowest BCUT2D eigenvalue weighted by molar-refractivity contribution is -0.161. The van der Waals surface area contributed by atoms with Gasteiger partial charge in [-0.2, -0.15) is 0 Å². The van der Waals surface area contributed by atoms with Crippen LogP contribution in [-0.2, 0) is 55.8 Å². The summed E-state index contributed by atoms with van der Waals surface area (Å²) in [6.07, 6.45) is 95.8. The molecule has 0 amide bonds. The Morgan fingerprint density at radius 1 is 0.282 bits per heavy atom. The Bertz CT molecular complexity index is 2500. The molecule has 0 radical (unpaired) electrons. The van der Waals surface area contributed by atoms with Gasteiger partial charge in [-0.05, 0) is 148 Å². The van der Waals surface area contributed by atoms with Crippen molar-refractivity contribution in [3.05, 3.63) is 158 Å². The van der Waals surface area contributed by atoms with E-state index in [0.717, 1.165) is 135 Å². The molecule has 588 valence electrons. The van der Waals surface area contributed by atoms with Gasteiger partial charge < -0.3 is 34.2 Å². The summed E-state index contributed by atoms with van der Waals surface area (Å²) < 4.78 is 61.1. The molecule has 0 fully saturated rings. The summed E-state index contributed by atoms with van der Waals surface area (Å²) in [4.78, 5) is 58.6. The van der Waals surface area contributed by atoms with Crippen molar-refractivity contribution in [1.82, 2.24) is 0 Å². The highest BCUT2D eigenvalue weighted by molar-refractivity contribution is 7.47. The molecule has 0 aliphatic carbocycles. The number of esters is 3. The van der Waals surface area contributed by atoms with Crippen LogP contribution >= 0.6 is 15.6 Å². The maximum atomic E-state index is 13.0. The van der Waals surface area contributed by atoms with Crippen molar-refractivity contribution in [3.8, 4) is 0 Å². The van der Waals surface area contributed by atoms with Crippen LogP contribution in [0.25, 0.3) is 0 Å². The zero-order valence-corrected chi connectivity index (χ0v) is 66.0. The SMILES string of the molecule is CC/C=C\C/C=C\C/C=C\C/C=C\C/C=C\CCCC(=O)OC(COC(=O)CCCCCCC/C=C\C/C=C\C/C=C\C/C=C\CCCCC)COP(=O)(O)OCC(O)COP(=O)(O)OCC(O)COC(=O)CCCCCCCCCCCCCCC/C=C\C/C=C\C/C=C\C/C=C\CCCCC. The molecule has 16 nitrogen and oxygen atoms in total. The largest absolute Gasteiger partial charge is 0.472 e. The molecule has 0 saturated heterocycles. The summed E-state index contributed by atoms with van der Waals surface area (Å²) in [6, 6.07) is 0. The molecule has 0 bridgehead atoms. The molecule has 0 aromatic carbocycles. The van der Waals surface area contributed by atoms with Crippen molar-refractivity contribution in [2.24, 2.45) is 0 Å².